The number of hydrogen-bond acceptors (Lipinski definition) is 5. The summed E-state index contributed by atoms with van der Waals surface area (Å²) in [7, 11) is 0. The summed E-state index contributed by atoms with van der Waals surface area (Å²) < 4.78 is 2.58. The highest BCUT2D eigenvalue weighted by Gasteiger charge is 2.17. The number of thiophene rings is 2. The average molecular weight is 397 g/mol. The SMILES string of the molecule is C=CCSc1nccc(-c2sc3sc(Br)c(C)c3c2C)n1. The Morgan fingerprint density at radius 2 is 2.14 bits per heavy atom. The molecular formula is C15H13BrN2S3. The smallest absolute Gasteiger partial charge is 0.188 e. The third-order valence-electron chi connectivity index (χ3n) is 3.16. The van der Waals surface area contributed by atoms with Gasteiger partial charge < -0.3 is 0 Å². The van der Waals surface area contributed by atoms with Gasteiger partial charge in [-0.15, -0.1) is 29.3 Å². The molecule has 108 valence electrons. The Labute approximate surface area is 144 Å². The first-order valence-corrected chi connectivity index (χ1v) is 9.78. The molecule has 3 aromatic heterocycles. The van der Waals surface area contributed by atoms with Crippen molar-refractivity contribution in [2.75, 3.05) is 5.75 Å². The number of nitrogens with zero attached hydrogens (tertiary/aromatic N) is 2. The molecule has 3 heterocycles. The minimum absolute atomic E-state index is 0.807. The van der Waals surface area contributed by atoms with Gasteiger partial charge in [0.2, 0.25) is 0 Å². The number of hydrogen-bond donors (Lipinski definition) is 0. The van der Waals surface area contributed by atoms with Crippen molar-refractivity contribution >= 4 is 59.8 Å². The van der Waals surface area contributed by atoms with Gasteiger partial charge in [-0.25, -0.2) is 9.97 Å². The van der Waals surface area contributed by atoms with E-state index in [9.17, 15) is 0 Å². The molecule has 3 aromatic rings. The number of rotatable bonds is 4. The summed E-state index contributed by atoms with van der Waals surface area (Å²) in [6.45, 7) is 8.08. The summed E-state index contributed by atoms with van der Waals surface area (Å²) in [6, 6.07) is 1.99. The maximum absolute atomic E-state index is 4.68. The van der Waals surface area contributed by atoms with Gasteiger partial charge >= 0.3 is 0 Å². The van der Waals surface area contributed by atoms with Gasteiger partial charge in [0.05, 0.1) is 18.4 Å². The maximum atomic E-state index is 4.68. The number of halogens is 1. The van der Waals surface area contributed by atoms with E-state index >= 15 is 0 Å². The van der Waals surface area contributed by atoms with Crippen LogP contribution in [0.25, 0.3) is 20.0 Å². The van der Waals surface area contributed by atoms with Crippen LogP contribution < -0.4 is 0 Å². The van der Waals surface area contributed by atoms with Gasteiger partial charge in [0.15, 0.2) is 5.16 Å². The van der Waals surface area contributed by atoms with E-state index in [1.807, 2.05) is 29.7 Å². The Bertz CT molecular complexity index is 820. The predicted octanol–water partition coefficient (Wildman–Crippen LogP) is 6.08. The highest BCUT2D eigenvalue weighted by Crippen LogP contribution is 2.46. The molecule has 21 heavy (non-hydrogen) atoms. The summed E-state index contributed by atoms with van der Waals surface area (Å²) in [6.07, 6.45) is 3.71. The van der Waals surface area contributed by atoms with Crippen LogP contribution >= 0.6 is 50.4 Å². The fraction of sp³-hybridized carbons (Fsp3) is 0.200. The van der Waals surface area contributed by atoms with Crippen LogP contribution in [0.5, 0.6) is 0 Å². The van der Waals surface area contributed by atoms with Gasteiger partial charge in [0, 0.05) is 17.3 Å². The summed E-state index contributed by atoms with van der Waals surface area (Å²) in [5, 5.41) is 2.17. The molecule has 3 rings (SSSR count). The van der Waals surface area contributed by atoms with Crippen LogP contribution in [0.4, 0.5) is 0 Å². The van der Waals surface area contributed by atoms with Crippen molar-refractivity contribution in [3.05, 3.63) is 39.8 Å². The van der Waals surface area contributed by atoms with Crippen molar-refractivity contribution in [1.29, 1.82) is 0 Å². The lowest BCUT2D eigenvalue weighted by Crippen LogP contribution is -1.89. The second-order valence-electron chi connectivity index (χ2n) is 4.54. The van der Waals surface area contributed by atoms with Crippen LogP contribution in [-0.2, 0) is 0 Å². The van der Waals surface area contributed by atoms with Crippen molar-refractivity contribution in [2.24, 2.45) is 0 Å². The quantitative estimate of drug-likeness (QED) is 0.303. The molecule has 0 N–H and O–H groups in total. The molecule has 0 spiro atoms. The number of aryl methyl sites for hydroxylation is 2. The second kappa shape index (κ2) is 6.20. The second-order valence-corrected chi connectivity index (χ2v) is 9.15. The minimum Gasteiger partial charge on any atom is -0.231 e. The molecule has 0 saturated heterocycles. The molecule has 0 aromatic carbocycles. The molecule has 0 aliphatic rings. The largest absolute Gasteiger partial charge is 0.231 e. The topological polar surface area (TPSA) is 25.8 Å². The summed E-state index contributed by atoms with van der Waals surface area (Å²) in [4.78, 5) is 10.2. The van der Waals surface area contributed by atoms with E-state index in [0.29, 0.717) is 0 Å². The molecule has 0 fully saturated rings. The average Bonchev–Trinajstić information content (AvgIpc) is 2.95. The van der Waals surface area contributed by atoms with Gasteiger partial charge in [-0.3, -0.25) is 0 Å². The molecule has 0 unspecified atom stereocenters. The molecule has 0 amide bonds. The van der Waals surface area contributed by atoms with Crippen LogP contribution in [0.3, 0.4) is 0 Å². The van der Waals surface area contributed by atoms with E-state index in [4.69, 9.17) is 0 Å². The predicted molar refractivity (Wildman–Crippen MR) is 98.8 cm³/mol. The zero-order valence-electron chi connectivity index (χ0n) is 11.6. The van der Waals surface area contributed by atoms with E-state index < -0.39 is 0 Å². The van der Waals surface area contributed by atoms with Crippen LogP contribution in [0.2, 0.25) is 0 Å². The Morgan fingerprint density at radius 3 is 2.86 bits per heavy atom. The molecule has 0 atom stereocenters. The molecule has 0 radical (unpaired) electrons. The van der Waals surface area contributed by atoms with E-state index in [1.165, 1.54) is 29.2 Å². The Morgan fingerprint density at radius 1 is 1.33 bits per heavy atom. The third-order valence-corrected chi connectivity index (χ3v) is 7.58. The van der Waals surface area contributed by atoms with Gasteiger partial charge in [0.25, 0.3) is 0 Å². The summed E-state index contributed by atoms with van der Waals surface area (Å²) in [5.41, 5.74) is 3.65. The Balaban J connectivity index is 2.08. The van der Waals surface area contributed by atoms with E-state index in [0.717, 1.165) is 16.6 Å². The Hall–Kier alpha value is -0.690. The summed E-state index contributed by atoms with van der Waals surface area (Å²) in [5.74, 6) is 0.827. The van der Waals surface area contributed by atoms with Gasteiger partial charge in [-0.1, -0.05) is 17.8 Å². The molecule has 2 nitrogen and oxygen atoms in total. The van der Waals surface area contributed by atoms with Crippen LogP contribution in [0.15, 0.2) is 33.9 Å². The monoisotopic (exact) mass is 396 g/mol. The van der Waals surface area contributed by atoms with Crippen molar-refractivity contribution in [3.63, 3.8) is 0 Å². The van der Waals surface area contributed by atoms with E-state index in [-0.39, 0.29) is 0 Å². The third kappa shape index (κ3) is 2.82. The van der Waals surface area contributed by atoms with Gasteiger partial charge in [-0.2, -0.15) is 0 Å². The fourth-order valence-electron chi connectivity index (χ4n) is 2.16. The van der Waals surface area contributed by atoms with Crippen molar-refractivity contribution in [2.45, 2.75) is 19.0 Å². The molecule has 0 aliphatic heterocycles. The Kier molecular flexibility index (Phi) is 4.49. The number of thioether (sulfide) groups is 1. The van der Waals surface area contributed by atoms with Crippen molar-refractivity contribution in [1.82, 2.24) is 9.97 Å². The number of aromatic nitrogens is 2. The zero-order valence-corrected chi connectivity index (χ0v) is 15.7. The van der Waals surface area contributed by atoms with Crippen LogP contribution in [-0.4, -0.2) is 15.7 Å². The minimum atomic E-state index is 0.807. The summed E-state index contributed by atoms with van der Waals surface area (Å²) >= 11 is 8.85. The first kappa shape index (κ1) is 15.2. The highest BCUT2D eigenvalue weighted by molar-refractivity contribution is 9.11. The molecule has 0 saturated carbocycles. The van der Waals surface area contributed by atoms with E-state index in [1.54, 1.807) is 23.1 Å². The van der Waals surface area contributed by atoms with Crippen LogP contribution in [0.1, 0.15) is 11.1 Å². The lowest BCUT2D eigenvalue weighted by atomic mass is 10.1. The highest BCUT2D eigenvalue weighted by atomic mass is 79.9. The van der Waals surface area contributed by atoms with Crippen molar-refractivity contribution < 1.29 is 0 Å². The number of fused-ring (bicyclic) bond motifs is 1. The van der Waals surface area contributed by atoms with Crippen molar-refractivity contribution in [3.8, 4) is 10.6 Å². The maximum Gasteiger partial charge on any atom is 0.188 e. The molecule has 6 heteroatoms. The first-order chi connectivity index (χ1) is 10.1. The van der Waals surface area contributed by atoms with Gasteiger partial charge in [0.1, 0.15) is 0 Å². The van der Waals surface area contributed by atoms with E-state index in [2.05, 4.69) is 46.3 Å². The first-order valence-electron chi connectivity index (χ1n) is 6.37. The molecular weight excluding hydrogens is 384 g/mol. The lowest BCUT2D eigenvalue weighted by molar-refractivity contribution is 0.976. The zero-order chi connectivity index (χ0) is 15.0. The van der Waals surface area contributed by atoms with Gasteiger partial charge in [-0.05, 0) is 47.0 Å². The molecule has 0 bridgehead atoms. The molecule has 0 aliphatic carbocycles. The normalized spacial score (nSPS) is 11.2. The van der Waals surface area contributed by atoms with Crippen LogP contribution in [0, 0.1) is 13.8 Å². The lowest BCUT2D eigenvalue weighted by Gasteiger charge is -2.02. The fourth-order valence-corrected chi connectivity index (χ4v) is 6.29. The standard InChI is InChI=1S/C15H13BrN2S3/c1-4-7-19-15-17-6-5-10(18-15)12-8(2)11-9(3)13(16)21-14(11)20-12/h4-6H,1,7H2,2-3H3.